The Kier molecular flexibility index (Phi) is 2.74. The van der Waals surface area contributed by atoms with Crippen LogP contribution in [-0.4, -0.2) is 12.9 Å². The number of rotatable bonds is 1. The predicted molar refractivity (Wildman–Crippen MR) is 69.8 cm³/mol. The minimum atomic E-state index is -1.45. The maximum absolute atomic E-state index is 13.6. The highest BCUT2D eigenvalue weighted by atomic mass is 19.1. The average molecular weight is 262 g/mol. The lowest BCUT2D eigenvalue weighted by atomic mass is 10.2. The summed E-state index contributed by atoms with van der Waals surface area (Å²) in [4.78, 5) is 1.74. The van der Waals surface area contributed by atoms with E-state index in [-0.39, 0.29) is 12.4 Å². The number of hydrogen-bond donors (Lipinski definition) is 1. The lowest BCUT2D eigenvalue weighted by molar-refractivity contribution is 0.0682. The number of nitrogen functional groups attached to an aromatic ring is 1. The zero-order valence-electron chi connectivity index (χ0n) is 10.0. The molecule has 2 aromatic carbocycles. The molecular weight excluding hydrogens is 250 g/mol. The molecule has 1 aliphatic rings. The van der Waals surface area contributed by atoms with Crippen LogP contribution in [0.5, 0.6) is 5.75 Å². The Hall–Kier alpha value is -2.30. The van der Waals surface area contributed by atoms with E-state index in [1.807, 2.05) is 0 Å². The van der Waals surface area contributed by atoms with Crippen LogP contribution in [-0.2, 0) is 0 Å². The smallest absolute Gasteiger partial charge is 0.256 e. The number of hydrogen-bond acceptors (Lipinski definition) is 3. The third-order valence-corrected chi connectivity index (χ3v) is 2.99. The lowest BCUT2D eigenvalue weighted by Gasteiger charge is -2.33. The summed E-state index contributed by atoms with van der Waals surface area (Å²) in [6.45, 7) is 0.0581. The van der Waals surface area contributed by atoms with Gasteiger partial charge in [0.15, 0.2) is 0 Å². The van der Waals surface area contributed by atoms with Crippen LogP contribution in [0.15, 0.2) is 42.5 Å². The SMILES string of the molecule is Nc1ccc2c(c1)OC(F)CN2c1ccc(F)cc1. The van der Waals surface area contributed by atoms with E-state index in [4.69, 9.17) is 10.5 Å². The van der Waals surface area contributed by atoms with Crippen LogP contribution in [0.3, 0.4) is 0 Å². The molecule has 0 aliphatic carbocycles. The number of nitrogens with zero attached hydrogens (tertiary/aromatic N) is 1. The molecular formula is C14H12F2N2O. The maximum Gasteiger partial charge on any atom is 0.256 e. The van der Waals surface area contributed by atoms with Crippen molar-refractivity contribution < 1.29 is 13.5 Å². The van der Waals surface area contributed by atoms with Crippen LogP contribution in [0.1, 0.15) is 0 Å². The number of anilines is 3. The number of fused-ring (bicyclic) bond motifs is 1. The van der Waals surface area contributed by atoms with Crippen LogP contribution in [0.2, 0.25) is 0 Å². The Bertz CT molecular complexity index is 601. The molecule has 5 heteroatoms. The monoisotopic (exact) mass is 262 g/mol. The highest BCUT2D eigenvalue weighted by molar-refractivity contribution is 5.72. The second-order valence-electron chi connectivity index (χ2n) is 4.34. The van der Waals surface area contributed by atoms with Gasteiger partial charge < -0.3 is 15.4 Å². The van der Waals surface area contributed by atoms with E-state index >= 15 is 0 Å². The van der Waals surface area contributed by atoms with Gasteiger partial charge in [0.25, 0.3) is 6.36 Å². The molecule has 0 radical (unpaired) electrons. The first-order valence-corrected chi connectivity index (χ1v) is 5.87. The van der Waals surface area contributed by atoms with Crippen molar-refractivity contribution in [2.24, 2.45) is 0 Å². The molecule has 0 saturated heterocycles. The molecule has 0 aromatic heterocycles. The van der Waals surface area contributed by atoms with Crippen molar-refractivity contribution in [2.75, 3.05) is 17.2 Å². The number of halogens is 2. The molecule has 1 heterocycles. The third-order valence-electron chi connectivity index (χ3n) is 2.99. The molecule has 3 rings (SSSR count). The van der Waals surface area contributed by atoms with Crippen molar-refractivity contribution in [3.63, 3.8) is 0 Å². The molecule has 1 aliphatic heterocycles. The fraction of sp³-hybridized carbons (Fsp3) is 0.143. The standard InChI is InChI=1S/C14H12F2N2O/c15-9-1-4-11(5-2-9)18-8-14(16)19-13-7-10(17)3-6-12(13)18/h1-7,14H,8,17H2. The quantitative estimate of drug-likeness (QED) is 0.802. The van der Waals surface area contributed by atoms with E-state index < -0.39 is 6.36 Å². The largest absolute Gasteiger partial charge is 0.456 e. The Morgan fingerprint density at radius 1 is 1.16 bits per heavy atom. The molecule has 2 N–H and O–H groups in total. The molecule has 0 amide bonds. The normalized spacial score (nSPS) is 17.8. The highest BCUT2D eigenvalue weighted by Gasteiger charge is 2.26. The van der Waals surface area contributed by atoms with Crippen LogP contribution in [0.4, 0.5) is 25.8 Å². The Labute approximate surface area is 109 Å². The summed E-state index contributed by atoms with van der Waals surface area (Å²) >= 11 is 0. The molecule has 3 nitrogen and oxygen atoms in total. The van der Waals surface area contributed by atoms with Gasteiger partial charge in [0.05, 0.1) is 12.2 Å². The molecule has 0 saturated carbocycles. The van der Waals surface area contributed by atoms with E-state index in [0.717, 1.165) is 5.69 Å². The zero-order valence-corrected chi connectivity index (χ0v) is 10.0. The van der Waals surface area contributed by atoms with Gasteiger partial charge in [-0.3, -0.25) is 0 Å². The summed E-state index contributed by atoms with van der Waals surface area (Å²) in [5.41, 5.74) is 7.59. The topological polar surface area (TPSA) is 38.5 Å². The highest BCUT2D eigenvalue weighted by Crippen LogP contribution is 2.39. The van der Waals surface area contributed by atoms with Gasteiger partial charge in [-0.05, 0) is 36.4 Å². The molecule has 1 unspecified atom stereocenters. The predicted octanol–water partition coefficient (Wildman–Crippen LogP) is 3.23. The molecule has 0 bridgehead atoms. The van der Waals surface area contributed by atoms with Crippen LogP contribution in [0.25, 0.3) is 0 Å². The summed E-state index contributed by atoms with van der Waals surface area (Å²) in [7, 11) is 0. The van der Waals surface area contributed by atoms with Crippen molar-refractivity contribution in [3.05, 3.63) is 48.3 Å². The van der Waals surface area contributed by atoms with Crippen molar-refractivity contribution in [1.29, 1.82) is 0 Å². The fourth-order valence-corrected chi connectivity index (χ4v) is 2.13. The van der Waals surface area contributed by atoms with E-state index in [9.17, 15) is 8.78 Å². The number of alkyl halides is 1. The van der Waals surface area contributed by atoms with Gasteiger partial charge in [-0.25, -0.2) is 4.39 Å². The van der Waals surface area contributed by atoms with Gasteiger partial charge in [0, 0.05) is 17.4 Å². The van der Waals surface area contributed by atoms with Crippen molar-refractivity contribution in [3.8, 4) is 5.75 Å². The molecule has 0 spiro atoms. The second-order valence-corrected chi connectivity index (χ2v) is 4.34. The lowest BCUT2D eigenvalue weighted by Crippen LogP contribution is -2.34. The third kappa shape index (κ3) is 2.19. The van der Waals surface area contributed by atoms with Crippen LogP contribution < -0.4 is 15.4 Å². The number of nitrogens with two attached hydrogens (primary N) is 1. The summed E-state index contributed by atoms with van der Waals surface area (Å²) in [6, 6.07) is 11.0. The van der Waals surface area contributed by atoms with E-state index in [0.29, 0.717) is 17.1 Å². The Morgan fingerprint density at radius 2 is 1.89 bits per heavy atom. The van der Waals surface area contributed by atoms with Gasteiger partial charge in [-0.15, -0.1) is 0 Å². The second kappa shape index (κ2) is 4.42. The first-order chi connectivity index (χ1) is 9.13. The van der Waals surface area contributed by atoms with Gasteiger partial charge >= 0.3 is 0 Å². The van der Waals surface area contributed by atoms with Crippen molar-refractivity contribution in [1.82, 2.24) is 0 Å². The molecule has 2 aromatic rings. The first-order valence-electron chi connectivity index (χ1n) is 5.87. The molecule has 0 fully saturated rings. The maximum atomic E-state index is 13.6. The van der Waals surface area contributed by atoms with E-state index in [1.54, 1.807) is 35.2 Å². The van der Waals surface area contributed by atoms with Gasteiger partial charge in [0.1, 0.15) is 11.6 Å². The van der Waals surface area contributed by atoms with Gasteiger partial charge in [-0.1, -0.05) is 0 Å². The summed E-state index contributed by atoms with van der Waals surface area (Å²) in [5, 5.41) is 0. The summed E-state index contributed by atoms with van der Waals surface area (Å²) in [5.74, 6) is 0.0643. The van der Waals surface area contributed by atoms with E-state index in [1.165, 1.54) is 12.1 Å². The Morgan fingerprint density at radius 3 is 2.63 bits per heavy atom. The van der Waals surface area contributed by atoms with Gasteiger partial charge in [-0.2, -0.15) is 4.39 Å². The average Bonchev–Trinajstić information content (AvgIpc) is 2.38. The van der Waals surface area contributed by atoms with Crippen LogP contribution in [0, 0.1) is 5.82 Å². The minimum Gasteiger partial charge on any atom is -0.456 e. The van der Waals surface area contributed by atoms with Crippen molar-refractivity contribution in [2.45, 2.75) is 6.36 Å². The van der Waals surface area contributed by atoms with Gasteiger partial charge in [0.2, 0.25) is 0 Å². The molecule has 19 heavy (non-hydrogen) atoms. The molecule has 98 valence electrons. The van der Waals surface area contributed by atoms with Crippen molar-refractivity contribution >= 4 is 17.1 Å². The number of benzene rings is 2. The van der Waals surface area contributed by atoms with Crippen LogP contribution >= 0.6 is 0 Å². The summed E-state index contributed by atoms with van der Waals surface area (Å²) in [6.07, 6.45) is -1.45. The summed E-state index contributed by atoms with van der Waals surface area (Å²) < 4.78 is 31.7. The minimum absolute atomic E-state index is 0.0581. The zero-order chi connectivity index (χ0) is 13.4. The Balaban J connectivity index is 2.05. The number of ether oxygens (including phenoxy) is 1. The molecule has 1 atom stereocenters. The first kappa shape index (κ1) is 11.8. The fourth-order valence-electron chi connectivity index (χ4n) is 2.13. The van der Waals surface area contributed by atoms with E-state index in [2.05, 4.69) is 0 Å².